The number of amides is 3. The number of likely N-dealkylation sites (tertiary alicyclic amines) is 2. The number of hydrogen-bond acceptors (Lipinski definition) is 4. The van der Waals surface area contributed by atoms with Gasteiger partial charge in [0.25, 0.3) is 0 Å². The molecule has 1 saturated carbocycles. The fraction of sp³-hybridized carbons (Fsp3) is 0.864. The van der Waals surface area contributed by atoms with Gasteiger partial charge in [0.05, 0.1) is 5.41 Å². The zero-order chi connectivity index (χ0) is 21.2. The van der Waals surface area contributed by atoms with E-state index in [9.17, 15) is 14.4 Å². The maximum atomic E-state index is 13.7. The second-order valence-electron chi connectivity index (χ2n) is 9.92. The summed E-state index contributed by atoms with van der Waals surface area (Å²) in [7, 11) is 0. The minimum Gasteiger partial charge on any atom is -0.444 e. The van der Waals surface area contributed by atoms with Crippen LogP contribution in [0.15, 0.2) is 0 Å². The molecule has 0 unspecified atom stereocenters. The Bertz CT molecular complexity index is 636. The van der Waals surface area contributed by atoms with E-state index in [1.807, 2.05) is 32.6 Å². The molecule has 29 heavy (non-hydrogen) atoms. The number of rotatable bonds is 3. The van der Waals surface area contributed by atoms with Crippen LogP contribution in [0.3, 0.4) is 0 Å². The number of carbonyl (C=O) groups is 3. The van der Waals surface area contributed by atoms with E-state index in [1.54, 1.807) is 4.90 Å². The number of carbonyl (C=O) groups excluding carboxylic acids is 3. The minimum absolute atomic E-state index is 0.000456. The summed E-state index contributed by atoms with van der Waals surface area (Å²) < 4.78 is 5.58. The Kier molecular flexibility index (Phi) is 6.44. The van der Waals surface area contributed by atoms with Gasteiger partial charge >= 0.3 is 6.09 Å². The monoisotopic (exact) mass is 407 g/mol. The molecule has 3 fully saturated rings. The molecule has 164 valence electrons. The van der Waals surface area contributed by atoms with Crippen LogP contribution in [-0.4, -0.2) is 66.0 Å². The van der Waals surface area contributed by atoms with E-state index in [-0.39, 0.29) is 29.7 Å². The Morgan fingerprint density at radius 1 is 1.07 bits per heavy atom. The average molecular weight is 408 g/mol. The summed E-state index contributed by atoms with van der Waals surface area (Å²) in [6.45, 7) is 10.5. The van der Waals surface area contributed by atoms with Crippen molar-refractivity contribution < 1.29 is 19.1 Å². The number of nitrogens with one attached hydrogen (secondary N) is 1. The van der Waals surface area contributed by atoms with E-state index in [4.69, 9.17) is 4.74 Å². The zero-order valence-electron chi connectivity index (χ0n) is 18.5. The summed E-state index contributed by atoms with van der Waals surface area (Å²) in [5, 5.41) is 2.89. The van der Waals surface area contributed by atoms with E-state index in [0.717, 1.165) is 25.7 Å². The second-order valence-corrected chi connectivity index (χ2v) is 9.92. The molecule has 3 amide bonds. The van der Waals surface area contributed by atoms with Crippen LogP contribution in [0.4, 0.5) is 4.79 Å². The first-order valence-electron chi connectivity index (χ1n) is 11.2. The van der Waals surface area contributed by atoms with E-state index in [0.29, 0.717) is 45.6 Å². The van der Waals surface area contributed by atoms with Crippen molar-refractivity contribution in [3.63, 3.8) is 0 Å². The SMILES string of the molecule is CCNC(=O)C1CCN(C(=O)[C@@]23CCCC[C@H]2CN(C(=O)OC(C)(C)C)C3)CC1. The summed E-state index contributed by atoms with van der Waals surface area (Å²) >= 11 is 0. The minimum atomic E-state index is -0.539. The van der Waals surface area contributed by atoms with Crippen LogP contribution in [0.25, 0.3) is 0 Å². The second kappa shape index (κ2) is 8.52. The van der Waals surface area contributed by atoms with Crippen molar-refractivity contribution in [2.75, 3.05) is 32.7 Å². The third-order valence-electron chi connectivity index (χ3n) is 6.70. The first kappa shape index (κ1) is 21.9. The molecule has 0 radical (unpaired) electrons. The van der Waals surface area contributed by atoms with Crippen molar-refractivity contribution in [3.05, 3.63) is 0 Å². The Morgan fingerprint density at radius 2 is 1.76 bits per heavy atom. The summed E-state index contributed by atoms with van der Waals surface area (Å²) in [4.78, 5) is 42.1. The van der Waals surface area contributed by atoms with Gasteiger partial charge in [-0.25, -0.2) is 4.79 Å². The van der Waals surface area contributed by atoms with Gasteiger partial charge in [-0.3, -0.25) is 9.59 Å². The molecule has 3 aliphatic rings. The lowest BCUT2D eigenvalue weighted by Crippen LogP contribution is -2.53. The molecule has 0 aromatic rings. The maximum Gasteiger partial charge on any atom is 0.410 e. The molecule has 0 aromatic heterocycles. The van der Waals surface area contributed by atoms with Crippen LogP contribution in [0.2, 0.25) is 0 Å². The van der Waals surface area contributed by atoms with Gasteiger partial charge < -0.3 is 19.9 Å². The fourth-order valence-corrected chi connectivity index (χ4v) is 5.25. The number of ether oxygens (including phenoxy) is 1. The van der Waals surface area contributed by atoms with Gasteiger partial charge in [0.2, 0.25) is 11.8 Å². The van der Waals surface area contributed by atoms with Gasteiger partial charge in [0.1, 0.15) is 5.60 Å². The predicted octanol–water partition coefficient (Wildman–Crippen LogP) is 2.79. The number of fused-ring (bicyclic) bond motifs is 1. The zero-order valence-corrected chi connectivity index (χ0v) is 18.5. The average Bonchev–Trinajstić information content (AvgIpc) is 3.07. The Balaban J connectivity index is 1.68. The number of piperidine rings is 1. The van der Waals surface area contributed by atoms with Gasteiger partial charge in [-0.05, 0) is 59.3 Å². The van der Waals surface area contributed by atoms with Gasteiger partial charge in [-0.1, -0.05) is 12.8 Å². The topological polar surface area (TPSA) is 79.0 Å². The summed E-state index contributed by atoms with van der Waals surface area (Å²) in [5.41, 5.74) is -1.02. The Morgan fingerprint density at radius 3 is 2.38 bits per heavy atom. The van der Waals surface area contributed by atoms with Gasteiger partial charge in [0, 0.05) is 38.6 Å². The van der Waals surface area contributed by atoms with Crippen LogP contribution in [0.1, 0.15) is 66.2 Å². The highest BCUT2D eigenvalue weighted by Gasteiger charge is 2.55. The molecule has 7 heteroatoms. The highest BCUT2D eigenvalue weighted by Crippen LogP contribution is 2.48. The van der Waals surface area contributed by atoms with Gasteiger partial charge in [-0.2, -0.15) is 0 Å². The van der Waals surface area contributed by atoms with Crippen molar-refractivity contribution in [1.82, 2.24) is 15.1 Å². The predicted molar refractivity (Wildman–Crippen MR) is 110 cm³/mol. The molecule has 2 atom stereocenters. The summed E-state index contributed by atoms with van der Waals surface area (Å²) in [6.07, 6.45) is 5.09. The lowest BCUT2D eigenvalue weighted by atomic mass is 9.67. The molecule has 3 rings (SSSR count). The first-order chi connectivity index (χ1) is 13.7. The standard InChI is InChI=1S/C22H37N3O4/c1-5-23-18(26)16-9-12-24(13-10-16)19(27)22-11-7-6-8-17(22)14-25(15-22)20(28)29-21(2,3)4/h16-17H,5-15H2,1-4H3,(H,23,26)/t17-,22+/m0/s1. The molecule has 2 heterocycles. The lowest BCUT2D eigenvalue weighted by Gasteiger charge is -2.42. The smallest absolute Gasteiger partial charge is 0.410 e. The Hall–Kier alpha value is -1.79. The van der Waals surface area contributed by atoms with Crippen molar-refractivity contribution in [2.45, 2.75) is 71.8 Å². The van der Waals surface area contributed by atoms with Crippen molar-refractivity contribution >= 4 is 17.9 Å². The fourth-order valence-electron chi connectivity index (χ4n) is 5.25. The van der Waals surface area contributed by atoms with Crippen LogP contribution < -0.4 is 5.32 Å². The molecule has 2 aliphatic heterocycles. The third kappa shape index (κ3) is 4.69. The molecule has 7 nitrogen and oxygen atoms in total. The van der Waals surface area contributed by atoms with E-state index >= 15 is 0 Å². The summed E-state index contributed by atoms with van der Waals surface area (Å²) in [6, 6.07) is 0. The maximum absolute atomic E-state index is 13.7. The molecule has 0 aromatic carbocycles. The van der Waals surface area contributed by atoms with Crippen molar-refractivity contribution in [3.8, 4) is 0 Å². The van der Waals surface area contributed by atoms with E-state index < -0.39 is 11.0 Å². The highest BCUT2D eigenvalue weighted by atomic mass is 16.6. The van der Waals surface area contributed by atoms with E-state index in [1.165, 1.54) is 0 Å². The third-order valence-corrected chi connectivity index (χ3v) is 6.70. The van der Waals surface area contributed by atoms with Crippen LogP contribution >= 0.6 is 0 Å². The highest BCUT2D eigenvalue weighted by molar-refractivity contribution is 5.86. The molecule has 0 bridgehead atoms. The molecule has 1 aliphatic carbocycles. The van der Waals surface area contributed by atoms with Crippen LogP contribution in [0, 0.1) is 17.3 Å². The molecule has 0 spiro atoms. The number of nitrogens with zero attached hydrogens (tertiary/aromatic N) is 2. The van der Waals surface area contributed by atoms with Crippen molar-refractivity contribution in [1.29, 1.82) is 0 Å². The van der Waals surface area contributed by atoms with Gasteiger partial charge in [0.15, 0.2) is 0 Å². The molecule has 2 saturated heterocycles. The largest absolute Gasteiger partial charge is 0.444 e. The molecular weight excluding hydrogens is 370 g/mol. The summed E-state index contributed by atoms with van der Waals surface area (Å²) in [5.74, 6) is 0.491. The first-order valence-corrected chi connectivity index (χ1v) is 11.2. The van der Waals surface area contributed by atoms with Crippen LogP contribution in [-0.2, 0) is 14.3 Å². The Labute approximate surface area is 174 Å². The molecule has 1 N–H and O–H groups in total. The normalized spacial score (nSPS) is 28.1. The lowest BCUT2D eigenvalue weighted by molar-refractivity contribution is -0.148. The molecular formula is C22H37N3O4. The van der Waals surface area contributed by atoms with Gasteiger partial charge in [-0.15, -0.1) is 0 Å². The van der Waals surface area contributed by atoms with E-state index in [2.05, 4.69) is 5.32 Å². The quantitative estimate of drug-likeness (QED) is 0.780. The van der Waals surface area contributed by atoms with Crippen molar-refractivity contribution in [2.24, 2.45) is 17.3 Å². The number of hydrogen-bond donors (Lipinski definition) is 1. The van der Waals surface area contributed by atoms with Crippen LogP contribution in [0.5, 0.6) is 0 Å².